The Morgan fingerprint density at radius 3 is 2.63 bits per heavy atom. The second kappa shape index (κ2) is 5.73. The van der Waals surface area contributed by atoms with E-state index in [4.69, 9.17) is 5.11 Å². The van der Waals surface area contributed by atoms with Crippen molar-refractivity contribution < 1.29 is 23.5 Å². The molecule has 7 heteroatoms. The molecule has 0 spiro atoms. The number of rotatable bonds is 5. The lowest BCUT2D eigenvalue weighted by Crippen LogP contribution is -2.44. The van der Waals surface area contributed by atoms with E-state index < -0.39 is 34.7 Å². The van der Waals surface area contributed by atoms with Crippen molar-refractivity contribution in [1.82, 2.24) is 10.3 Å². The van der Waals surface area contributed by atoms with Crippen LogP contribution >= 0.6 is 0 Å². The van der Waals surface area contributed by atoms with Crippen LogP contribution in [0, 0.1) is 11.8 Å². The number of aliphatic carboxylic acids is 1. The zero-order chi connectivity index (χ0) is 14.6. The van der Waals surface area contributed by atoms with E-state index >= 15 is 0 Å². The third-order valence-electron chi connectivity index (χ3n) is 2.51. The Labute approximate surface area is 108 Å². The Balaban J connectivity index is 2.79. The third-order valence-corrected chi connectivity index (χ3v) is 2.51. The minimum Gasteiger partial charge on any atom is -0.481 e. The molecule has 0 atom stereocenters. The van der Waals surface area contributed by atoms with Gasteiger partial charge in [-0.05, 0) is 26.3 Å². The number of pyridine rings is 1. The van der Waals surface area contributed by atoms with E-state index in [1.807, 2.05) is 0 Å². The Morgan fingerprint density at radius 1 is 1.42 bits per heavy atom. The average Bonchev–Trinajstić information content (AvgIpc) is 2.29. The van der Waals surface area contributed by atoms with Gasteiger partial charge in [-0.25, -0.2) is 9.37 Å². The fourth-order valence-electron chi connectivity index (χ4n) is 1.45. The summed E-state index contributed by atoms with van der Waals surface area (Å²) in [6.45, 7) is 3.20. The number of carbonyl (C=O) groups excluding carboxylic acids is 1. The quantitative estimate of drug-likeness (QED) is 0.800. The molecular weight excluding hydrogens is 258 g/mol. The van der Waals surface area contributed by atoms with Gasteiger partial charge in [0.05, 0.1) is 5.56 Å². The van der Waals surface area contributed by atoms with E-state index in [0.717, 1.165) is 12.3 Å². The number of aromatic nitrogens is 1. The lowest BCUT2D eigenvalue weighted by molar-refractivity contribution is -0.137. The molecule has 0 aliphatic rings. The van der Waals surface area contributed by atoms with Crippen LogP contribution in [0.5, 0.6) is 0 Å². The first-order chi connectivity index (χ1) is 8.73. The monoisotopic (exact) mass is 272 g/mol. The smallest absolute Gasteiger partial charge is 0.303 e. The minimum absolute atomic E-state index is 0.138. The summed E-state index contributed by atoms with van der Waals surface area (Å²) in [5.74, 6) is -4.48. The zero-order valence-corrected chi connectivity index (χ0v) is 10.5. The summed E-state index contributed by atoms with van der Waals surface area (Å²) < 4.78 is 26.2. The normalized spacial score (nSPS) is 11.2. The summed E-state index contributed by atoms with van der Waals surface area (Å²) in [5, 5.41) is 11.0. The average molecular weight is 272 g/mol. The molecule has 1 amide bonds. The summed E-state index contributed by atoms with van der Waals surface area (Å²) in [4.78, 5) is 25.3. The van der Waals surface area contributed by atoms with Gasteiger partial charge in [0.1, 0.15) is 0 Å². The van der Waals surface area contributed by atoms with Crippen molar-refractivity contribution in [3.05, 3.63) is 29.6 Å². The molecule has 1 rings (SSSR count). The van der Waals surface area contributed by atoms with E-state index in [1.54, 1.807) is 13.8 Å². The van der Waals surface area contributed by atoms with Gasteiger partial charge in [-0.1, -0.05) is 0 Å². The van der Waals surface area contributed by atoms with Crippen LogP contribution in [-0.4, -0.2) is 27.5 Å². The first-order valence-electron chi connectivity index (χ1n) is 5.57. The molecule has 0 aliphatic heterocycles. The van der Waals surface area contributed by atoms with Gasteiger partial charge in [0.25, 0.3) is 5.91 Å². The van der Waals surface area contributed by atoms with Gasteiger partial charge in [0.2, 0.25) is 5.95 Å². The highest BCUT2D eigenvalue weighted by Gasteiger charge is 2.24. The summed E-state index contributed by atoms with van der Waals surface area (Å²) in [7, 11) is 0. The molecule has 0 radical (unpaired) electrons. The summed E-state index contributed by atoms with van der Waals surface area (Å²) in [5.41, 5.74) is -1.31. The van der Waals surface area contributed by atoms with E-state index in [-0.39, 0.29) is 12.8 Å². The van der Waals surface area contributed by atoms with Crippen LogP contribution in [0.15, 0.2) is 12.3 Å². The van der Waals surface area contributed by atoms with Gasteiger partial charge in [-0.2, -0.15) is 4.39 Å². The minimum atomic E-state index is -1.35. The van der Waals surface area contributed by atoms with E-state index in [1.165, 1.54) is 0 Å². The molecule has 104 valence electrons. The highest BCUT2D eigenvalue weighted by atomic mass is 19.2. The molecule has 1 heterocycles. The second-order valence-corrected chi connectivity index (χ2v) is 4.70. The number of nitrogens with zero attached hydrogens (tertiary/aromatic N) is 1. The molecular formula is C12H14F2N2O3. The number of carboxylic acids is 1. The maximum absolute atomic E-state index is 13.3. The van der Waals surface area contributed by atoms with Gasteiger partial charge in [-0.3, -0.25) is 9.59 Å². The highest BCUT2D eigenvalue weighted by Crippen LogP contribution is 2.14. The Bertz CT molecular complexity index is 504. The lowest BCUT2D eigenvalue weighted by atomic mass is 9.98. The number of hydrogen-bond acceptors (Lipinski definition) is 3. The molecule has 0 bridgehead atoms. The largest absolute Gasteiger partial charge is 0.481 e. The second-order valence-electron chi connectivity index (χ2n) is 4.70. The number of nitrogens with one attached hydrogen (secondary N) is 1. The third kappa shape index (κ3) is 4.27. The number of amides is 1. The Hall–Kier alpha value is -2.05. The van der Waals surface area contributed by atoms with Gasteiger partial charge in [0, 0.05) is 18.2 Å². The van der Waals surface area contributed by atoms with E-state index in [0.29, 0.717) is 0 Å². The molecule has 0 fully saturated rings. The number of carbonyl (C=O) groups is 2. The van der Waals surface area contributed by atoms with Gasteiger partial charge in [-0.15, -0.1) is 0 Å². The topological polar surface area (TPSA) is 79.3 Å². The number of hydrogen-bond donors (Lipinski definition) is 2. The molecule has 1 aromatic rings. The van der Waals surface area contributed by atoms with Crippen LogP contribution in [0.1, 0.15) is 37.0 Å². The number of carboxylic acid groups (broad SMARTS) is 1. The van der Waals surface area contributed by atoms with Crippen molar-refractivity contribution in [1.29, 1.82) is 0 Å². The Morgan fingerprint density at radius 2 is 2.05 bits per heavy atom. The van der Waals surface area contributed by atoms with Crippen LogP contribution < -0.4 is 5.32 Å². The van der Waals surface area contributed by atoms with E-state index in [9.17, 15) is 18.4 Å². The summed E-state index contributed by atoms with van der Waals surface area (Å²) >= 11 is 0. The molecule has 0 saturated heterocycles. The molecule has 0 aliphatic carbocycles. The first-order valence-corrected chi connectivity index (χ1v) is 5.57. The summed E-state index contributed by atoms with van der Waals surface area (Å²) in [6.07, 6.45) is 1.02. The van der Waals surface area contributed by atoms with Crippen molar-refractivity contribution in [2.24, 2.45) is 0 Å². The molecule has 5 nitrogen and oxygen atoms in total. The standard InChI is InChI=1S/C12H14F2N2O3/c1-12(2,5-3-8(17)18)16-11(19)7-4-6-15-10(14)9(7)13/h4,6H,3,5H2,1-2H3,(H,16,19)(H,17,18). The maximum Gasteiger partial charge on any atom is 0.303 e. The molecule has 0 unspecified atom stereocenters. The van der Waals surface area contributed by atoms with Gasteiger partial charge < -0.3 is 10.4 Å². The first kappa shape index (κ1) is 15.0. The van der Waals surface area contributed by atoms with Crippen LogP contribution in [0.25, 0.3) is 0 Å². The molecule has 19 heavy (non-hydrogen) atoms. The SMILES string of the molecule is CC(C)(CCC(=O)O)NC(=O)c1ccnc(F)c1F. The Kier molecular flexibility index (Phi) is 4.52. The van der Waals surface area contributed by atoms with Crippen molar-refractivity contribution >= 4 is 11.9 Å². The molecule has 2 N–H and O–H groups in total. The molecule has 0 aromatic carbocycles. The molecule has 0 saturated carbocycles. The van der Waals surface area contributed by atoms with Gasteiger partial charge in [0.15, 0.2) is 5.82 Å². The van der Waals surface area contributed by atoms with Crippen LogP contribution in [0.3, 0.4) is 0 Å². The predicted octanol–water partition coefficient (Wildman–Crippen LogP) is 1.73. The zero-order valence-electron chi connectivity index (χ0n) is 10.5. The molecule has 1 aromatic heterocycles. The van der Waals surface area contributed by atoms with Crippen molar-refractivity contribution in [3.63, 3.8) is 0 Å². The van der Waals surface area contributed by atoms with Crippen LogP contribution in [0.2, 0.25) is 0 Å². The predicted molar refractivity (Wildman–Crippen MR) is 62.6 cm³/mol. The van der Waals surface area contributed by atoms with Crippen molar-refractivity contribution in [2.75, 3.05) is 0 Å². The van der Waals surface area contributed by atoms with Gasteiger partial charge >= 0.3 is 5.97 Å². The summed E-state index contributed by atoms with van der Waals surface area (Å²) in [6, 6.07) is 1.06. The van der Waals surface area contributed by atoms with Crippen molar-refractivity contribution in [2.45, 2.75) is 32.2 Å². The highest BCUT2D eigenvalue weighted by molar-refractivity contribution is 5.94. The van der Waals surface area contributed by atoms with Crippen LogP contribution in [-0.2, 0) is 4.79 Å². The maximum atomic E-state index is 13.3. The number of halogens is 2. The lowest BCUT2D eigenvalue weighted by Gasteiger charge is -2.25. The van der Waals surface area contributed by atoms with E-state index in [2.05, 4.69) is 10.3 Å². The fraction of sp³-hybridized carbons (Fsp3) is 0.417. The van der Waals surface area contributed by atoms with Crippen LogP contribution in [0.4, 0.5) is 8.78 Å². The van der Waals surface area contributed by atoms with Crippen molar-refractivity contribution in [3.8, 4) is 0 Å². The fourth-order valence-corrected chi connectivity index (χ4v) is 1.45.